The summed E-state index contributed by atoms with van der Waals surface area (Å²) in [5.74, 6) is 0.975. The van der Waals surface area contributed by atoms with Crippen LogP contribution in [0.25, 0.3) is 6.08 Å². The number of carbonyl (C=O) groups excluding carboxylic acids is 1. The van der Waals surface area contributed by atoms with E-state index in [4.69, 9.17) is 9.47 Å². The molecule has 0 spiro atoms. The number of benzene rings is 1. The highest BCUT2D eigenvalue weighted by Crippen LogP contribution is 2.31. The zero-order valence-corrected chi connectivity index (χ0v) is 13.2. The Balaban J connectivity index is 1.81. The minimum Gasteiger partial charge on any atom is -0.507 e. The lowest BCUT2D eigenvalue weighted by Gasteiger charge is -2.19. The Morgan fingerprint density at radius 2 is 2.13 bits per heavy atom. The Kier molecular flexibility index (Phi) is 4.65. The maximum absolute atomic E-state index is 12.0. The van der Waals surface area contributed by atoms with Crippen molar-refractivity contribution in [1.82, 2.24) is 0 Å². The first-order valence-electron chi connectivity index (χ1n) is 8.15. The molecule has 3 rings (SSSR count). The molecule has 0 bridgehead atoms. The van der Waals surface area contributed by atoms with Crippen LogP contribution < -0.4 is 4.74 Å². The molecule has 23 heavy (non-hydrogen) atoms. The van der Waals surface area contributed by atoms with Gasteiger partial charge in [0.1, 0.15) is 11.5 Å². The SMILES string of the molecule is CCOc1ccc(/C=C2\N=C(C3CCCCC3)OC2=O)c(O)c1. The zero-order valence-electron chi connectivity index (χ0n) is 13.2. The Labute approximate surface area is 135 Å². The molecule has 1 aromatic carbocycles. The number of hydrogen-bond donors (Lipinski definition) is 1. The first kappa shape index (κ1) is 15.6. The van der Waals surface area contributed by atoms with Crippen LogP contribution in [-0.4, -0.2) is 23.6 Å². The normalized spacial score (nSPS) is 20.5. The van der Waals surface area contributed by atoms with Gasteiger partial charge in [-0.2, -0.15) is 0 Å². The topological polar surface area (TPSA) is 68.1 Å². The maximum atomic E-state index is 12.0. The smallest absolute Gasteiger partial charge is 0.363 e. The Bertz CT molecular complexity index is 657. The molecule has 122 valence electrons. The van der Waals surface area contributed by atoms with Gasteiger partial charge in [-0.25, -0.2) is 9.79 Å². The summed E-state index contributed by atoms with van der Waals surface area (Å²) in [5.41, 5.74) is 0.763. The lowest BCUT2D eigenvalue weighted by atomic mass is 9.89. The average molecular weight is 315 g/mol. The van der Waals surface area contributed by atoms with Crippen molar-refractivity contribution in [3.8, 4) is 11.5 Å². The molecule has 1 fully saturated rings. The second kappa shape index (κ2) is 6.86. The number of esters is 1. The third-order valence-corrected chi connectivity index (χ3v) is 4.20. The molecule has 0 atom stereocenters. The summed E-state index contributed by atoms with van der Waals surface area (Å²) in [6, 6.07) is 4.98. The van der Waals surface area contributed by atoms with E-state index in [0.717, 1.165) is 25.7 Å². The average Bonchev–Trinajstić information content (AvgIpc) is 2.92. The minimum atomic E-state index is -0.446. The molecule has 1 saturated carbocycles. The highest BCUT2D eigenvalue weighted by Gasteiger charge is 2.30. The van der Waals surface area contributed by atoms with E-state index in [2.05, 4.69) is 4.99 Å². The van der Waals surface area contributed by atoms with Gasteiger partial charge in [-0.05, 0) is 38.0 Å². The predicted octanol–water partition coefficient (Wildman–Crippen LogP) is 3.67. The largest absolute Gasteiger partial charge is 0.507 e. The van der Waals surface area contributed by atoms with Gasteiger partial charge < -0.3 is 14.6 Å². The van der Waals surface area contributed by atoms with Crippen LogP contribution in [0.15, 0.2) is 28.9 Å². The van der Waals surface area contributed by atoms with Crippen LogP contribution in [-0.2, 0) is 9.53 Å². The lowest BCUT2D eigenvalue weighted by molar-refractivity contribution is -0.130. The summed E-state index contributed by atoms with van der Waals surface area (Å²) in [6.45, 7) is 2.41. The first-order chi connectivity index (χ1) is 11.2. The molecule has 1 aromatic rings. The van der Waals surface area contributed by atoms with Gasteiger partial charge in [-0.15, -0.1) is 0 Å². The van der Waals surface area contributed by atoms with Gasteiger partial charge in [-0.1, -0.05) is 19.3 Å². The number of phenols is 1. The Hall–Kier alpha value is -2.30. The minimum absolute atomic E-state index is 0.0533. The van der Waals surface area contributed by atoms with Crippen LogP contribution in [0.2, 0.25) is 0 Å². The molecule has 5 nitrogen and oxygen atoms in total. The van der Waals surface area contributed by atoms with Crippen molar-refractivity contribution in [2.75, 3.05) is 6.61 Å². The summed E-state index contributed by atoms with van der Waals surface area (Å²) < 4.78 is 10.7. The number of hydrogen-bond acceptors (Lipinski definition) is 5. The Morgan fingerprint density at radius 1 is 1.35 bits per heavy atom. The van der Waals surface area contributed by atoms with E-state index >= 15 is 0 Å². The number of carbonyl (C=O) groups is 1. The zero-order chi connectivity index (χ0) is 16.2. The summed E-state index contributed by atoms with van der Waals surface area (Å²) >= 11 is 0. The van der Waals surface area contributed by atoms with Gasteiger partial charge in [0.15, 0.2) is 5.70 Å². The second-order valence-electron chi connectivity index (χ2n) is 5.86. The van der Waals surface area contributed by atoms with Crippen molar-refractivity contribution >= 4 is 17.9 Å². The van der Waals surface area contributed by atoms with Gasteiger partial charge in [0.2, 0.25) is 5.90 Å². The second-order valence-corrected chi connectivity index (χ2v) is 5.86. The van der Waals surface area contributed by atoms with E-state index in [0.29, 0.717) is 23.8 Å². The number of aliphatic imine (C=N–C) groups is 1. The summed E-state index contributed by atoms with van der Waals surface area (Å²) in [7, 11) is 0. The van der Waals surface area contributed by atoms with Gasteiger partial charge >= 0.3 is 5.97 Å². The molecule has 0 unspecified atom stereocenters. The molecule has 1 heterocycles. The number of phenolic OH excluding ortho intramolecular Hbond substituents is 1. The van der Waals surface area contributed by atoms with Crippen LogP contribution in [0.4, 0.5) is 0 Å². The molecule has 1 aliphatic carbocycles. The quantitative estimate of drug-likeness (QED) is 0.680. The fraction of sp³-hybridized carbons (Fsp3) is 0.444. The third kappa shape index (κ3) is 3.55. The van der Waals surface area contributed by atoms with Gasteiger partial charge in [0.05, 0.1) is 6.61 Å². The summed E-state index contributed by atoms with van der Waals surface area (Å²) in [4.78, 5) is 16.4. The molecule has 1 N–H and O–H groups in total. The van der Waals surface area contributed by atoms with Crippen LogP contribution in [0, 0.1) is 5.92 Å². The van der Waals surface area contributed by atoms with Gasteiger partial charge in [-0.3, -0.25) is 0 Å². The molecular formula is C18H21NO4. The summed E-state index contributed by atoms with van der Waals surface area (Å²) in [5, 5.41) is 10.1. The molecule has 0 saturated heterocycles. The molecule has 2 aliphatic rings. The van der Waals surface area contributed by atoms with Crippen LogP contribution in [0.3, 0.4) is 0 Å². The fourth-order valence-corrected chi connectivity index (χ4v) is 3.00. The molecular weight excluding hydrogens is 294 g/mol. The summed E-state index contributed by atoms with van der Waals surface area (Å²) in [6.07, 6.45) is 7.14. The van der Waals surface area contributed by atoms with E-state index in [1.807, 2.05) is 6.92 Å². The van der Waals surface area contributed by atoms with Gasteiger partial charge in [0.25, 0.3) is 0 Å². The van der Waals surface area contributed by atoms with Crippen molar-refractivity contribution in [1.29, 1.82) is 0 Å². The van der Waals surface area contributed by atoms with Crippen molar-refractivity contribution < 1.29 is 19.4 Å². The number of ether oxygens (including phenoxy) is 2. The van der Waals surface area contributed by atoms with E-state index in [-0.39, 0.29) is 17.4 Å². The van der Waals surface area contributed by atoms with E-state index in [9.17, 15) is 9.90 Å². The standard InChI is InChI=1S/C18H21NO4/c1-2-22-14-9-8-13(16(20)11-14)10-15-18(21)23-17(19-15)12-6-4-3-5-7-12/h8-12,20H,2-7H2,1H3/b15-10-. The fourth-order valence-electron chi connectivity index (χ4n) is 3.00. The molecule has 5 heteroatoms. The van der Waals surface area contributed by atoms with Crippen LogP contribution >= 0.6 is 0 Å². The monoisotopic (exact) mass is 315 g/mol. The van der Waals surface area contributed by atoms with E-state index < -0.39 is 5.97 Å². The number of rotatable bonds is 4. The number of aromatic hydroxyl groups is 1. The van der Waals surface area contributed by atoms with Crippen molar-refractivity contribution in [2.24, 2.45) is 10.9 Å². The number of cyclic esters (lactones) is 1. The van der Waals surface area contributed by atoms with Crippen molar-refractivity contribution in [2.45, 2.75) is 39.0 Å². The van der Waals surface area contributed by atoms with E-state index in [1.54, 1.807) is 18.2 Å². The first-order valence-corrected chi connectivity index (χ1v) is 8.15. The van der Waals surface area contributed by atoms with Crippen molar-refractivity contribution in [3.63, 3.8) is 0 Å². The van der Waals surface area contributed by atoms with E-state index in [1.165, 1.54) is 12.5 Å². The van der Waals surface area contributed by atoms with Crippen molar-refractivity contribution in [3.05, 3.63) is 29.5 Å². The molecule has 1 aliphatic heterocycles. The molecule has 0 amide bonds. The molecule has 0 aromatic heterocycles. The van der Waals surface area contributed by atoms with Crippen LogP contribution in [0.1, 0.15) is 44.6 Å². The third-order valence-electron chi connectivity index (χ3n) is 4.20. The van der Waals surface area contributed by atoms with Crippen LogP contribution in [0.5, 0.6) is 11.5 Å². The number of nitrogens with zero attached hydrogens (tertiary/aromatic N) is 1. The maximum Gasteiger partial charge on any atom is 0.363 e. The predicted molar refractivity (Wildman–Crippen MR) is 87.4 cm³/mol. The Morgan fingerprint density at radius 3 is 2.83 bits per heavy atom. The molecule has 0 radical (unpaired) electrons. The highest BCUT2D eigenvalue weighted by molar-refractivity contribution is 6.08. The lowest BCUT2D eigenvalue weighted by Crippen LogP contribution is -2.19. The highest BCUT2D eigenvalue weighted by atomic mass is 16.6. The van der Waals surface area contributed by atoms with Gasteiger partial charge in [0, 0.05) is 17.5 Å².